The number of esters is 1. The smallest absolute Gasteiger partial charge is 0.335 e. The summed E-state index contributed by atoms with van der Waals surface area (Å²) >= 11 is 0. The van der Waals surface area contributed by atoms with Gasteiger partial charge in [0.1, 0.15) is 43.2 Å². The predicted octanol–water partition coefficient (Wildman–Crippen LogP) is 1.16. The van der Waals surface area contributed by atoms with Crippen LogP contribution in [0.25, 0.3) is 0 Å². The van der Waals surface area contributed by atoms with Gasteiger partial charge < -0.3 is 83.5 Å². The Morgan fingerprint density at radius 3 is 1.86 bits per heavy atom. The third kappa shape index (κ3) is 8.60. The normalized spacial score (nSPS) is 54.1. The molecule has 19 nitrogen and oxygen atoms in total. The van der Waals surface area contributed by atoms with E-state index < -0.39 is 121 Å². The van der Waals surface area contributed by atoms with Crippen LogP contribution in [0.15, 0.2) is 11.6 Å². The first kappa shape index (κ1) is 49.1. The highest BCUT2D eigenvalue weighted by Gasteiger charge is 2.70. The van der Waals surface area contributed by atoms with Crippen molar-refractivity contribution in [1.29, 1.82) is 0 Å². The molecule has 9 aliphatic rings. The first-order valence-electron chi connectivity index (χ1n) is 24.4. The number of cyclic esters (lactones) is 1. The average molecular weight is 941 g/mol. The van der Waals surface area contributed by atoms with E-state index in [1.54, 1.807) is 19.9 Å². The summed E-state index contributed by atoms with van der Waals surface area (Å²) in [6, 6.07) is 0. The zero-order chi connectivity index (χ0) is 47.2. The number of rotatable bonds is 10. The van der Waals surface area contributed by atoms with Crippen LogP contribution in [0.2, 0.25) is 0 Å². The van der Waals surface area contributed by atoms with Gasteiger partial charge in [0.2, 0.25) is 0 Å². The number of fused-ring (bicyclic) bond motifs is 5. The highest BCUT2D eigenvalue weighted by molar-refractivity contribution is 5.85. The van der Waals surface area contributed by atoms with E-state index in [0.29, 0.717) is 18.8 Å². The van der Waals surface area contributed by atoms with Gasteiger partial charge in [-0.25, -0.2) is 9.59 Å². The number of carbonyl (C=O) groups is 2. The molecule has 0 spiro atoms. The fourth-order valence-electron chi connectivity index (χ4n) is 14.4. The van der Waals surface area contributed by atoms with Gasteiger partial charge in [0.05, 0.1) is 48.3 Å². The molecular formula is C47H72O19. The molecule has 25 atom stereocenters. The van der Waals surface area contributed by atoms with Gasteiger partial charge in [0.25, 0.3) is 0 Å². The van der Waals surface area contributed by atoms with E-state index in [0.717, 1.165) is 50.5 Å². The van der Waals surface area contributed by atoms with E-state index in [2.05, 4.69) is 13.8 Å². The van der Waals surface area contributed by atoms with Crippen molar-refractivity contribution in [2.45, 2.75) is 228 Å². The molecule has 5 heterocycles. The Balaban J connectivity index is 0.832. The lowest BCUT2D eigenvalue weighted by molar-refractivity contribution is -0.354. The minimum absolute atomic E-state index is 0.0225. The summed E-state index contributed by atoms with van der Waals surface area (Å²) in [5.74, 6) is -1.46. The van der Waals surface area contributed by atoms with Crippen LogP contribution < -0.4 is 0 Å². The second-order valence-electron chi connectivity index (χ2n) is 21.6. The lowest BCUT2D eigenvalue weighted by atomic mass is 9.43. The summed E-state index contributed by atoms with van der Waals surface area (Å²) in [5.41, 5.74) is -0.683. The van der Waals surface area contributed by atoms with Crippen LogP contribution in [0.3, 0.4) is 0 Å². The molecule has 66 heavy (non-hydrogen) atoms. The van der Waals surface area contributed by atoms with E-state index >= 15 is 0 Å². The molecular weight excluding hydrogens is 868 g/mol. The minimum atomic E-state index is -1.84. The van der Waals surface area contributed by atoms with Gasteiger partial charge in [-0.05, 0) is 113 Å². The number of hydrogen-bond acceptors (Lipinski definition) is 18. The summed E-state index contributed by atoms with van der Waals surface area (Å²) < 4.78 is 55.3. The summed E-state index contributed by atoms with van der Waals surface area (Å²) in [5, 5.41) is 85.2. The van der Waals surface area contributed by atoms with Crippen LogP contribution >= 0.6 is 0 Å². The summed E-state index contributed by atoms with van der Waals surface area (Å²) in [7, 11) is 0. The third-order valence-corrected chi connectivity index (χ3v) is 18.0. The van der Waals surface area contributed by atoms with Gasteiger partial charge in [0.15, 0.2) is 31.3 Å². The van der Waals surface area contributed by atoms with Gasteiger partial charge >= 0.3 is 11.9 Å². The molecule has 4 aliphatic carbocycles. The molecule has 0 aromatic carbocycles. The van der Waals surface area contributed by atoms with Gasteiger partial charge in [0, 0.05) is 30.8 Å². The molecule has 0 unspecified atom stereocenters. The maximum Gasteiger partial charge on any atom is 0.335 e. The van der Waals surface area contributed by atoms with E-state index in [4.69, 9.17) is 42.6 Å². The van der Waals surface area contributed by atoms with E-state index in [1.165, 1.54) is 0 Å². The molecule has 0 radical (unpaired) electrons. The van der Waals surface area contributed by atoms with Crippen LogP contribution in [0.1, 0.15) is 112 Å². The Bertz CT molecular complexity index is 1770. The van der Waals surface area contributed by atoms with Crippen LogP contribution in [0, 0.1) is 34.5 Å². The fourth-order valence-corrected chi connectivity index (χ4v) is 14.4. The summed E-state index contributed by atoms with van der Waals surface area (Å²) in [6.45, 7) is 9.92. The van der Waals surface area contributed by atoms with Crippen molar-refractivity contribution in [2.75, 3.05) is 6.61 Å². The first-order valence-corrected chi connectivity index (χ1v) is 24.4. The number of ether oxygens (including phenoxy) is 9. The number of carbonyl (C=O) groups excluding carboxylic acids is 1. The number of carboxylic acids is 1. The Hall–Kier alpha value is -1.92. The molecule has 0 amide bonds. The van der Waals surface area contributed by atoms with Crippen molar-refractivity contribution in [3.8, 4) is 0 Å². The minimum Gasteiger partial charge on any atom is -0.479 e. The van der Waals surface area contributed by atoms with Crippen LogP contribution in [0.4, 0.5) is 0 Å². The molecule has 0 aromatic heterocycles. The highest BCUT2D eigenvalue weighted by Crippen LogP contribution is 2.71. The molecule has 0 bridgehead atoms. The van der Waals surface area contributed by atoms with Crippen molar-refractivity contribution >= 4 is 11.9 Å². The largest absolute Gasteiger partial charge is 0.479 e. The zero-order valence-electron chi connectivity index (χ0n) is 38.5. The molecule has 4 saturated heterocycles. The van der Waals surface area contributed by atoms with Gasteiger partial charge in [-0.1, -0.05) is 13.8 Å². The maximum atomic E-state index is 12.3. The fraction of sp³-hybridized carbons (Fsp3) is 0.915. The quantitative estimate of drug-likeness (QED) is 0.113. The van der Waals surface area contributed by atoms with Gasteiger partial charge in [-0.3, -0.25) is 0 Å². The van der Waals surface area contributed by atoms with Crippen LogP contribution in [-0.4, -0.2) is 176 Å². The van der Waals surface area contributed by atoms with Crippen molar-refractivity contribution < 1.29 is 93.1 Å². The molecule has 4 saturated carbocycles. The van der Waals surface area contributed by atoms with Gasteiger partial charge in [-0.15, -0.1) is 0 Å². The molecule has 19 heteroatoms. The lowest BCUT2D eigenvalue weighted by Gasteiger charge is -2.65. The lowest BCUT2D eigenvalue weighted by Crippen LogP contribution is -2.67. The Labute approximate surface area is 384 Å². The number of aliphatic carboxylic acids is 1. The first-order chi connectivity index (χ1) is 31.2. The van der Waals surface area contributed by atoms with E-state index in [-0.39, 0.29) is 61.1 Å². The average Bonchev–Trinajstić information content (AvgIpc) is 3.82. The number of carboxylic acid groups (broad SMARTS) is 1. The van der Waals surface area contributed by atoms with Crippen LogP contribution in [-0.2, 0) is 52.2 Å². The molecule has 9 rings (SSSR count). The SMILES string of the molecule is C[C@H]1O[C@@H](O[C@H]2[C@@H](O)C[C@H](O[C@H]3[C@@H](O)C[C@H](O[C@H]4CC[C@@]5(C)[C@H](CC[C@@H]6[C@@H]5CC[C@]5(C)[C@@H](C7=CC(=O)OC7)CC[C@]65O[C@@H]5O[C@H](C(=O)O)[C@@H](O)[C@H](O)[C@H]5O)C4)O[C@@H]3C)O[C@@H]2C)C[C@H](O)[C@@H]1O. The number of aliphatic hydroxyl groups is 7. The monoisotopic (exact) mass is 940 g/mol. The Kier molecular flexibility index (Phi) is 13.9. The summed E-state index contributed by atoms with van der Waals surface area (Å²) in [4.78, 5) is 24.5. The van der Waals surface area contributed by atoms with Crippen molar-refractivity contribution in [3.05, 3.63) is 11.6 Å². The van der Waals surface area contributed by atoms with Gasteiger partial charge in [-0.2, -0.15) is 0 Å². The topological polar surface area (TPSA) is 279 Å². The number of aliphatic hydroxyl groups excluding tert-OH is 7. The second-order valence-corrected chi connectivity index (χ2v) is 21.6. The Morgan fingerprint density at radius 2 is 1.27 bits per heavy atom. The third-order valence-electron chi connectivity index (χ3n) is 18.0. The van der Waals surface area contributed by atoms with Crippen LogP contribution in [0.5, 0.6) is 0 Å². The molecule has 5 aliphatic heterocycles. The zero-order valence-corrected chi connectivity index (χ0v) is 38.5. The second kappa shape index (κ2) is 18.7. The van der Waals surface area contributed by atoms with Crippen molar-refractivity contribution in [2.24, 2.45) is 34.5 Å². The number of hydrogen-bond donors (Lipinski definition) is 8. The van der Waals surface area contributed by atoms with Crippen molar-refractivity contribution in [3.63, 3.8) is 0 Å². The Morgan fingerprint density at radius 1 is 0.652 bits per heavy atom. The predicted molar refractivity (Wildman–Crippen MR) is 224 cm³/mol. The molecule has 8 N–H and O–H groups in total. The highest BCUT2D eigenvalue weighted by atomic mass is 16.7. The molecule has 374 valence electrons. The molecule has 8 fully saturated rings. The van der Waals surface area contributed by atoms with E-state index in [9.17, 15) is 50.4 Å². The van der Waals surface area contributed by atoms with Crippen molar-refractivity contribution in [1.82, 2.24) is 0 Å². The summed E-state index contributed by atoms with van der Waals surface area (Å²) in [6.07, 6.45) is -9.62. The maximum absolute atomic E-state index is 12.3. The standard InChI is InChI=1S/C47H72O19/c1-20-36(52)29(48)16-34(59-20)63-41-22(3)61-35(18-31(41)50)64-40-21(2)60-33(17-30(40)49)62-25-8-11-45(4)24(15-25)6-7-28-27(45)9-12-46(5)26(23-14-32(51)58-19-23)10-13-47(28,46)66-44-39(55)37(53)38(54)42(65-44)43(56)57/h14,20-22,24-31,33-42,44,48-50,52-55H,6-13,15-19H2,1-5H3,(H,56,57)/t20-,21-,22-,24-,25+,26-,27+,28-,29+,30+,31+,33+,34+,35+,36-,37+,38+,39-,40-,41-,42+,44+,45+,46-,47+/m1/s1. The molecule has 0 aromatic rings. The van der Waals surface area contributed by atoms with E-state index in [1.807, 2.05) is 6.92 Å².